The molecule has 1 unspecified atom stereocenters. The molecule has 0 spiro atoms. The second kappa shape index (κ2) is 4.01. The summed E-state index contributed by atoms with van der Waals surface area (Å²) < 4.78 is 0. The number of carbonyl (C=O) groups excluding carboxylic acids is 1. The van der Waals surface area contributed by atoms with Crippen LogP contribution in [0.3, 0.4) is 0 Å². The van der Waals surface area contributed by atoms with E-state index in [1.807, 2.05) is 13.8 Å². The van der Waals surface area contributed by atoms with Gasteiger partial charge >= 0.3 is 5.97 Å². The molecule has 1 fully saturated rings. The molecule has 0 aromatic heterocycles. The predicted molar refractivity (Wildman–Crippen MR) is 59.5 cm³/mol. The van der Waals surface area contributed by atoms with E-state index in [0.717, 1.165) is 12.8 Å². The summed E-state index contributed by atoms with van der Waals surface area (Å²) in [5.41, 5.74) is -0.360. The fraction of sp³-hybridized carbons (Fsp3) is 0.727. The smallest absolute Gasteiger partial charge is 0.353 e. The molecule has 2 aliphatic rings. The highest BCUT2D eigenvalue weighted by molar-refractivity contribution is 6.36. The Kier molecular flexibility index (Phi) is 2.81. The van der Waals surface area contributed by atoms with Crippen LogP contribution >= 0.6 is 0 Å². The van der Waals surface area contributed by atoms with Crippen molar-refractivity contribution < 1.29 is 19.5 Å². The first-order valence-electron chi connectivity index (χ1n) is 5.68. The van der Waals surface area contributed by atoms with Crippen molar-refractivity contribution in [2.75, 3.05) is 0 Å². The Labute approximate surface area is 99.0 Å². The molecule has 1 aliphatic heterocycles. The van der Waals surface area contributed by atoms with E-state index < -0.39 is 12.1 Å². The van der Waals surface area contributed by atoms with Gasteiger partial charge in [-0.05, 0) is 32.6 Å². The number of nitrogens with one attached hydrogen (secondary N) is 1. The highest BCUT2D eigenvalue weighted by Crippen LogP contribution is 2.39. The second-order valence-corrected chi connectivity index (χ2v) is 5.13. The summed E-state index contributed by atoms with van der Waals surface area (Å²) in [6, 6.07) is 0. The molecule has 1 saturated carbocycles. The minimum Gasteiger partial charge on any atom is -0.477 e. The van der Waals surface area contributed by atoms with Crippen molar-refractivity contribution in [1.82, 2.24) is 5.32 Å². The molecule has 6 heteroatoms. The number of aliphatic carboxylic acids is 1. The summed E-state index contributed by atoms with van der Waals surface area (Å²) in [6.07, 6.45) is 1.46. The molecule has 0 aromatic rings. The SMILES string of the molecule is CC(C)(NC(=O)C1CC(C(=O)O)=NO1)C1CC1. The van der Waals surface area contributed by atoms with E-state index in [4.69, 9.17) is 9.94 Å². The lowest BCUT2D eigenvalue weighted by Crippen LogP contribution is -2.49. The summed E-state index contributed by atoms with van der Waals surface area (Å²) in [7, 11) is 0. The van der Waals surface area contributed by atoms with Crippen LogP contribution < -0.4 is 5.32 Å². The van der Waals surface area contributed by atoms with Crippen LogP contribution in [0, 0.1) is 5.92 Å². The zero-order valence-electron chi connectivity index (χ0n) is 9.90. The summed E-state index contributed by atoms with van der Waals surface area (Å²) >= 11 is 0. The number of hydrogen-bond acceptors (Lipinski definition) is 4. The average molecular weight is 240 g/mol. The Morgan fingerprint density at radius 1 is 1.47 bits per heavy atom. The van der Waals surface area contributed by atoms with Crippen molar-refractivity contribution in [3.8, 4) is 0 Å². The molecule has 1 aliphatic carbocycles. The molecular formula is C11H16N2O4. The lowest BCUT2D eigenvalue weighted by atomic mass is 9.98. The molecule has 2 N–H and O–H groups in total. The zero-order chi connectivity index (χ0) is 12.6. The molecule has 2 rings (SSSR count). The molecule has 17 heavy (non-hydrogen) atoms. The van der Waals surface area contributed by atoms with Crippen LogP contribution in [0.1, 0.15) is 33.1 Å². The third kappa shape index (κ3) is 2.57. The normalized spacial score (nSPS) is 23.9. The first kappa shape index (κ1) is 11.9. The van der Waals surface area contributed by atoms with Gasteiger partial charge in [-0.3, -0.25) is 4.79 Å². The lowest BCUT2D eigenvalue weighted by molar-refractivity contribution is -0.133. The molecule has 1 heterocycles. The molecule has 0 radical (unpaired) electrons. The lowest BCUT2D eigenvalue weighted by Gasteiger charge is -2.27. The maximum Gasteiger partial charge on any atom is 0.353 e. The Bertz CT molecular complexity index is 385. The van der Waals surface area contributed by atoms with Gasteiger partial charge in [-0.15, -0.1) is 0 Å². The molecule has 6 nitrogen and oxygen atoms in total. The number of nitrogens with zero attached hydrogens (tertiary/aromatic N) is 1. The standard InChI is InChI=1S/C11H16N2O4/c1-11(2,6-3-4-6)12-9(14)8-5-7(10(15)16)13-17-8/h6,8H,3-5H2,1-2H3,(H,12,14)(H,15,16). The third-order valence-electron chi connectivity index (χ3n) is 3.25. The zero-order valence-corrected chi connectivity index (χ0v) is 9.90. The topological polar surface area (TPSA) is 88.0 Å². The fourth-order valence-corrected chi connectivity index (χ4v) is 1.95. The van der Waals surface area contributed by atoms with Gasteiger partial charge in [0.15, 0.2) is 5.71 Å². The van der Waals surface area contributed by atoms with Gasteiger partial charge in [0, 0.05) is 12.0 Å². The van der Waals surface area contributed by atoms with E-state index in [-0.39, 0.29) is 23.6 Å². The van der Waals surface area contributed by atoms with Crippen molar-refractivity contribution in [1.29, 1.82) is 0 Å². The summed E-state index contributed by atoms with van der Waals surface area (Å²) in [5, 5.41) is 15.0. The minimum absolute atomic E-state index is 0.0297. The van der Waals surface area contributed by atoms with E-state index >= 15 is 0 Å². The van der Waals surface area contributed by atoms with Crippen LogP contribution in [-0.4, -0.2) is 34.3 Å². The number of amides is 1. The number of hydrogen-bond donors (Lipinski definition) is 2. The predicted octanol–water partition coefficient (Wildman–Crippen LogP) is 0.521. The molecule has 1 amide bonds. The molecule has 1 atom stereocenters. The van der Waals surface area contributed by atoms with Gasteiger partial charge in [-0.25, -0.2) is 4.79 Å². The van der Waals surface area contributed by atoms with Crippen molar-refractivity contribution >= 4 is 17.6 Å². The van der Waals surface area contributed by atoms with E-state index in [1.165, 1.54) is 0 Å². The van der Waals surface area contributed by atoms with Gasteiger partial charge in [0.25, 0.3) is 5.91 Å². The summed E-state index contributed by atoms with van der Waals surface area (Å²) in [6.45, 7) is 3.94. The van der Waals surface area contributed by atoms with Crippen LogP contribution in [0.25, 0.3) is 0 Å². The van der Waals surface area contributed by atoms with Gasteiger partial charge in [-0.1, -0.05) is 5.16 Å². The monoisotopic (exact) mass is 240 g/mol. The fourth-order valence-electron chi connectivity index (χ4n) is 1.95. The molecule has 0 bridgehead atoms. The second-order valence-electron chi connectivity index (χ2n) is 5.13. The van der Waals surface area contributed by atoms with Crippen LogP contribution in [0.2, 0.25) is 0 Å². The Morgan fingerprint density at radius 2 is 2.12 bits per heavy atom. The summed E-state index contributed by atoms with van der Waals surface area (Å²) in [5.74, 6) is -0.920. The minimum atomic E-state index is -1.14. The van der Waals surface area contributed by atoms with E-state index in [0.29, 0.717) is 5.92 Å². The van der Waals surface area contributed by atoms with E-state index in [2.05, 4.69) is 10.5 Å². The number of carboxylic acids is 1. The van der Waals surface area contributed by atoms with Crippen LogP contribution in [0.5, 0.6) is 0 Å². The third-order valence-corrected chi connectivity index (χ3v) is 3.25. The Balaban J connectivity index is 1.88. The van der Waals surface area contributed by atoms with Gasteiger partial charge in [0.1, 0.15) is 0 Å². The number of carbonyl (C=O) groups is 2. The van der Waals surface area contributed by atoms with Crippen LogP contribution in [0.15, 0.2) is 5.16 Å². The van der Waals surface area contributed by atoms with Crippen molar-refractivity contribution in [3.05, 3.63) is 0 Å². The molecule has 94 valence electrons. The molecular weight excluding hydrogens is 224 g/mol. The quantitative estimate of drug-likeness (QED) is 0.749. The van der Waals surface area contributed by atoms with Crippen LogP contribution in [0.4, 0.5) is 0 Å². The van der Waals surface area contributed by atoms with Gasteiger partial charge in [0.05, 0.1) is 0 Å². The average Bonchev–Trinajstić information content (AvgIpc) is 2.95. The van der Waals surface area contributed by atoms with Crippen molar-refractivity contribution in [2.24, 2.45) is 11.1 Å². The highest BCUT2D eigenvalue weighted by Gasteiger charge is 2.41. The van der Waals surface area contributed by atoms with Crippen molar-refractivity contribution in [2.45, 2.75) is 44.8 Å². The highest BCUT2D eigenvalue weighted by atomic mass is 16.6. The first-order valence-corrected chi connectivity index (χ1v) is 5.68. The van der Waals surface area contributed by atoms with E-state index in [9.17, 15) is 9.59 Å². The maximum absolute atomic E-state index is 11.9. The number of oxime groups is 1. The largest absolute Gasteiger partial charge is 0.477 e. The molecule has 0 saturated heterocycles. The number of rotatable bonds is 4. The maximum atomic E-state index is 11.9. The molecule has 0 aromatic carbocycles. The number of carboxylic acid groups (broad SMARTS) is 1. The van der Waals surface area contributed by atoms with Gasteiger partial charge in [-0.2, -0.15) is 0 Å². The van der Waals surface area contributed by atoms with E-state index in [1.54, 1.807) is 0 Å². The van der Waals surface area contributed by atoms with Crippen LogP contribution in [-0.2, 0) is 14.4 Å². The Morgan fingerprint density at radius 3 is 2.59 bits per heavy atom. The van der Waals surface area contributed by atoms with Crippen molar-refractivity contribution in [3.63, 3.8) is 0 Å². The summed E-state index contributed by atoms with van der Waals surface area (Å²) in [4.78, 5) is 27.3. The Hall–Kier alpha value is -1.59. The van der Waals surface area contributed by atoms with Gasteiger partial charge in [0.2, 0.25) is 6.10 Å². The van der Waals surface area contributed by atoms with Gasteiger partial charge < -0.3 is 15.3 Å². The first-order chi connectivity index (χ1) is 7.90.